The highest BCUT2D eigenvalue weighted by atomic mass is 31.2. The number of aromatic nitrogens is 2. The second kappa shape index (κ2) is 9.47. The van der Waals surface area contributed by atoms with E-state index in [0.29, 0.717) is 16.6 Å². The molecule has 156 valence electrons. The van der Waals surface area contributed by atoms with Gasteiger partial charge >= 0.3 is 0 Å². The fourth-order valence-corrected chi connectivity index (χ4v) is 3.76. The van der Waals surface area contributed by atoms with Crippen LogP contribution in [0, 0.1) is 5.95 Å². The number of anilines is 2. The Balaban J connectivity index is 1.81. The van der Waals surface area contributed by atoms with Crippen LogP contribution in [0.15, 0.2) is 67.0 Å². The topological polar surface area (TPSA) is 105 Å². The zero-order valence-corrected chi connectivity index (χ0v) is 17.3. The highest BCUT2D eigenvalue weighted by Crippen LogP contribution is 2.37. The smallest absolute Gasteiger partial charge is 0.276 e. The van der Waals surface area contributed by atoms with Crippen LogP contribution < -0.4 is 21.4 Å². The van der Waals surface area contributed by atoms with E-state index in [1.165, 1.54) is 18.3 Å². The quantitative estimate of drug-likeness (QED) is 0.219. The van der Waals surface area contributed by atoms with Gasteiger partial charge in [0.15, 0.2) is 0 Å². The second-order valence-corrected chi connectivity index (χ2v) is 9.86. The predicted octanol–water partition coefficient (Wildman–Crippen LogP) is 3.03. The fourth-order valence-electron chi connectivity index (χ4n) is 2.59. The number of rotatable bonds is 8. The predicted molar refractivity (Wildman–Crippen MR) is 114 cm³/mol. The Morgan fingerprint density at radius 2 is 1.87 bits per heavy atom. The summed E-state index contributed by atoms with van der Waals surface area (Å²) in [5.74, 6) is -1.02. The molecule has 2 heterocycles. The molecule has 0 radical (unpaired) electrons. The Labute approximate surface area is 173 Å². The molecular weight excluding hydrogens is 408 g/mol. The molecule has 1 unspecified atom stereocenters. The minimum Gasteiger partial charge on any atom is -0.341 e. The Morgan fingerprint density at radius 3 is 2.57 bits per heavy atom. The van der Waals surface area contributed by atoms with Crippen molar-refractivity contribution >= 4 is 29.9 Å². The van der Waals surface area contributed by atoms with Gasteiger partial charge in [0.2, 0.25) is 12.3 Å². The van der Waals surface area contributed by atoms with Gasteiger partial charge in [0.25, 0.3) is 5.91 Å². The summed E-state index contributed by atoms with van der Waals surface area (Å²) in [6.45, 7) is 3.30. The Hall–Kier alpha value is -3.29. The number of hydrogen-bond donors (Lipinski definition) is 3. The van der Waals surface area contributed by atoms with E-state index >= 15 is 0 Å². The van der Waals surface area contributed by atoms with Crippen LogP contribution in [0.5, 0.6) is 0 Å². The van der Waals surface area contributed by atoms with Crippen LogP contribution in [-0.2, 0) is 9.40 Å². The third-order valence-corrected chi connectivity index (χ3v) is 5.51. The molecule has 10 heteroatoms. The number of hydroxylamine groups is 1. The first-order valence-electron chi connectivity index (χ1n) is 8.99. The molecule has 1 atom stereocenters. The maximum absolute atomic E-state index is 13.5. The largest absolute Gasteiger partial charge is 0.341 e. The van der Waals surface area contributed by atoms with Crippen LogP contribution in [-0.4, -0.2) is 35.6 Å². The van der Waals surface area contributed by atoms with Crippen molar-refractivity contribution < 1.29 is 18.6 Å². The van der Waals surface area contributed by atoms with Crippen LogP contribution in [0.4, 0.5) is 15.9 Å². The van der Waals surface area contributed by atoms with Crippen LogP contribution in [0.25, 0.3) is 0 Å². The van der Waals surface area contributed by atoms with Crippen LogP contribution in [0.3, 0.4) is 0 Å². The van der Waals surface area contributed by atoms with Gasteiger partial charge in [-0.2, -0.15) is 4.39 Å². The van der Waals surface area contributed by atoms with Gasteiger partial charge in [-0.15, -0.1) is 0 Å². The van der Waals surface area contributed by atoms with Gasteiger partial charge in [0, 0.05) is 23.4 Å². The van der Waals surface area contributed by atoms with Crippen LogP contribution in [0.1, 0.15) is 10.4 Å². The molecule has 8 nitrogen and oxygen atoms in total. The summed E-state index contributed by atoms with van der Waals surface area (Å²) in [5.41, 5.74) is 3.15. The highest BCUT2D eigenvalue weighted by Gasteiger charge is 2.19. The number of benzene rings is 1. The molecule has 3 aromatic rings. The normalized spacial score (nSPS) is 12.1. The molecule has 0 aliphatic heterocycles. The number of pyridine rings is 2. The SMILES string of the molecule is CP(C)(=O)c1ccccc1NC(Nc1cccc(F)n1)ONC(=O)c1cccnc1. The number of nitrogens with zero attached hydrogens (tertiary/aromatic N) is 2. The lowest BCUT2D eigenvalue weighted by atomic mass is 10.3. The van der Waals surface area contributed by atoms with Crippen molar-refractivity contribution in [3.63, 3.8) is 0 Å². The van der Waals surface area contributed by atoms with Gasteiger partial charge in [0.05, 0.1) is 5.56 Å². The monoisotopic (exact) mass is 429 g/mol. The molecule has 2 aromatic heterocycles. The minimum absolute atomic E-state index is 0.178. The molecule has 0 saturated heterocycles. The average Bonchev–Trinajstić information content (AvgIpc) is 2.72. The summed E-state index contributed by atoms with van der Waals surface area (Å²) in [5, 5.41) is 6.48. The molecule has 30 heavy (non-hydrogen) atoms. The van der Waals surface area contributed by atoms with E-state index in [4.69, 9.17) is 4.84 Å². The van der Waals surface area contributed by atoms with E-state index < -0.39 is 25.3 Å². The second-order valence-electron chi connectivity index (χ2n) is 6.67. The molecule has 0 spiro atoms. The van der Waals surface area contributed by atoms with Gasteiger partial charge in [-0.05, 0) is 49.7 Å². The van der Waals surface area contributed by atoms with Crippen molar-refractivity contribution in [1.29, 1.82) is 0 Å². The molecule has 0 aliphatic rings. The highest BCUT2D eigenvalue weighted by molar-refractivity contribution is 7.70. The van der Waals surface area contributed by atoms with Crippen molar-refractivity contribution in [2.45, 2.75) is 6.35 Å². The first-order valence-corrected chi connectivity index (χ1v) is 11.6. The first kappa shape index (κ1) is 21.4. The van der Waals surface area contributed by atoms with Crippen LogP contribution >= 0.6 is 7.14 Å². The average molecular weight is 429 g/mol. The van der Waals surface area contributed by atoms with Crippen molar-refractivity contribution in [2.75, 3.05) is 24.0 Å². The van der Waals surface area contributed by atoms with Gasteiger partial charge < -0.3 is 15.2 Å². The lowest BCUT2D eigenvalue weighted by molar-refractivity contribution is 0.00731. The van der Waals surface area contributed by atoms with Crippen LogP contribution in [0.2, 0.25) is 0 Å². The molecule has 0 bridgehead atoms. The minimum atomic E-state index is -2.61. The zero-order chi connectivity index (χ0) is 21.6. The third kappa shape index (κ3) is 5.85. The van der Waals surface area contributed by atoms with Gasteiger partial charge in [-0.3, -0.25) is 9.78 Å². The molecule has 3 N–H and O–H groups in total. The Kier molecular flexibility index (Phi) is 6.76. The maximum atomic E-state index is 13.5. The standard InChI is InChI=1S/C20H21FN5O3P/c1-30(2,28)16-9-4-3-8-15(16)23-20(25-18-11-5-10-17(21)24-18)29-26-19(27)14-7-6-12-22-13-14/h3-13,20,23H,1-2H3,(H,24,25)(H,26,27). The van der Waals surface area contributed by atoms with E-state index in [-0.39, 0.29) is 5.82 Å². The molecule has 3 rings (SSSR count). The van der Waals surface area contributed by atoms with Gasteiger partial charge in [0.1, 0.15) is 13.0 Å². The van der Waals surface area contributed by atoms with Crippen molar-refractivity contribution in [3.05, 3.63) is 78.5 Å². The summed E-state index contributed by atoms with van der Waals surface area (Å²) in [6.07, 6.45) is 1.89. The summed E-state index contributed by atoms with van der Waals surface area (Å²) >= 11 is 0. The van der Waals surface area contributed by atoms with E-state index in [9.17, 15) is 13.8 Å². The Morgan fingerprint density at radius 1 is 1.07 bits per heavy atom. The molecule has 0 saturated carbocycles. The summed E-state index contributed by atoms with van der Waals surface area (Å²) in [7, 11) is -2.61. The number of para-hydroxylation sites is 1. The number of carbonyl (C=O) groups excluding carboxylic acids is 1. The van der Waals surface area contributed by atoms with E-state index in [0.717, 1.165) is 0 Å². The summed E-state index contributed by atoms with van der Waals surface area (Å²) in [6, 6.07) is 14.5. The zero-order valence-electron chi connectivity index (χ0n) is 16.4. The molecule has 1 amide bonds. The van der Waals surface area contributed by atoms with Crippen molar-refractivity contribution in [2.24, 2.45) is 0 Å². The van der Waals surface area contributed by atoms with Gasteiger partial charge in [-0.1, -0.05) is 18.2 Å². The molecule has 0 fully saturated rings. The lowest BCUT2D eigenvalue weighted by Crippen LogP contribution is -2.40. The van der Waals surface area contributed by atoms with E-state index in [1.54, 1.807) is 62.0 Å². The Bertz CT molecular complexity index is 1060. The molecule has 0 aliphatic carbocycles. The maximum Gasteiger partial charge on any atom is 0.276 e. The summed E-state index contributed by atoms with van der Waals surface area (Å²) in [4.78, 5) is 25.4. The fraction of sp³-hybridized carbons (Fsp3) is 0.150. The number of halogens is 1. The van der Waals surface area contributed by atoms with E-state index in [2.05, 4.69) is 26.1 Å². The van der Waals surface area contributed by atoms with Crippen molar-refractivity contribution in [3.8, 4) is 0 Å². The van der Waals surface area contributed by atoms with Gasteiger partial charge in [-0.25, -0.2) is 15.3 Å². The first-order chi connectivity index (χ1) is 14.3. The third-order valence-electron chi connectivity index (χ3n) is 3.96. The van der Waals surface area contributed by atoms with Crippen molar-refractivity contribution in [1.82, 2.24) is 15.4 Å². The number of carbonyl (C=O) groups is 1. The lowest BCUT2D eigenvalue weighted by Gasteiger charge is -2.24. The molecular formula is C20H21FN5O3P. The number of amides is 1. The number of hydrogen-bond acceptors (Lipinski definition) is 7. The molecule has 1 aromatic carbocycles. The van der Waals surface area contributed by atoms with E-state index in [1.807, 2.05) is 0 Å². The number of nitrogens with one attached hydrogen (secondary N) is 3. The summed E-state index contributed by atoms with van der Waals surface area (Å²) < 4.78 is 26.1.